The van der Waals surface area contributed by atoms with Gasteiger partial charge in [0.2, 0.25) is 10.0 Å². The Balaban J connectivity index is 1.42. The third kappa shape index (κ3) is 4.93. The fraction of sp³-hybridized carbons (Fsp3) is 0.652. The number of nitrogens with one attached hydrogen (secondary N) is 1. The second kappa shape index (κ2) is 9.44. The minimum absolute atomic E-state index is 0.0491. The molecule has 0 saturated carbocycles. The van der Waals surface area contributed by atoms with Crippen LogP contribution in [0.3, 0.4) is 0 Å². The third-order valence-corrected chi connectivity index (χ3v) is 8.41. The predicted octanol–water partition coefficient (Wildman–Crippen LogP) is 0.659. The topological polar surface area (TPSA) is 116 Å². The average molecular weight is 494 g/mol. The number of sulfonamides is 1. The van der Waals surface area contributed by atoms with Gasteiger partial charge in [-0.25, -0.2) is 17.4 Å². The molecule has 2 saturated heterocycles. The van der Waals surface area contributed by atoms with E-state index in [1.807, 2.05) is 32.2 Å². The van der Waals surface area contributed by atoms with Crippen molar-refractivity contribution in [1.82, 2.24) is 23.7 Å². The second-order valence-electron chi connectivity index (χ2n) is 10.0. The van der Waals surface area contributed by atoms with Crippen molar-refractivity contribution in [2.45, 2.75) is 69.8 Å². The van der Waals surface area contributed by atoms with Crippen molar-refractivity contribution in [1.29, 1.82) is 0 Å². The molecule has 0 spiro atoms. The molecule has 0 aromatic carbocycles. The molecule has 10 nitrogen and oxygen atoms in total. The van der Waals surface area contributed by atoms with E-state index in [9.17, 15) is 23.1 Å². The molecule has 4 rings (SSSR count). The van der Waals surface area contributed by atoms with Crippen LogP contribution in [0.2, 0.25) is 0 Å². The molecule has 2 fully saturated rings. The molecule has 2 aliphatic heterocycles. The molecule has 4 heterocycles. The number of aliphatic hydroxyl groups is 1. The maximum absolute atomic E-state index is 13.1. The molecule has 2 N–H and O–H groups in total. The second-order valence-corrected chi connectivity index (χ2v) is 12.1. The fourth-order valence-electron chi connectivity index (χ4n) is 5.46. The van der Waals surface area contributed by atoms with E-state index >= 15 is 0 Å². The molecule has 3 atom stereocenters. The normalized spacial score (nSPS) is 24.3. The molecule has 11 heteroatoms. The number of hydrogen-bond donors (Lipinski definition) is 2. The Morgan fingerprint density at radius 2 is 1.91 bits per heavy atom. The van der Waals surface area contributed by atoms with E-state index in [2.05, 4.69) is 10.2 Å². The maximum Gasteiger partial charge on any atom is 0.278 e. The van der Waals surface area contributed by atoms with Crippen molar-refractivity contribution in [2.75, 3.05) is 26.4 Å². The van der Waals surface area contributed by atoms with E-state index in [0.29, 0.717) is 6.54 Å². The van der Waals surface area contributed by atoms with Crippen LogP contribution in [-0.2, 0) is 10.0 Å². The first-order valence-electron chi connectivity index (χ1n) is 11.8. The number of hydrogen-bond acceptors (Lipinski definition) is 6. The Bertz CT molecular complexity index is 1210. The van der Waals surface area contributed by atoms with Gasteiger partial charge in [0.25, 0.3) is 11.5 Å². The van der Waals surface area contributed by atoms with Crippen LogP contribution in [0.4, 0.5) is 0 Å². The maximum atomic E-state index is 13.1. The summed E-state index contributed by atoms with van der Waals surface area (Å²) in [5.41, 5.74) is 0.630. The Labute approximate surface area is 200 Å². The van der Waals surface area contributed by atoms with Gasteiger partial charge in [-0.15, -0.1) is 0 Å². The summed E-state index contributed by atoms with van der Waals surface area (Å²) < 4.78 is 27.8. The van der Waals surface area contributed by atoms with E-state index < -0.39 is 16.1 Å². The van der Waals surface area contributed by atoms with Gasteiger partial charge in [-0.05, 0) is 57.7 Å². The zero-order chi connectivity index (χ0) is 24.8. The van der Waals surface area contributed by atoms with Gasteiger partial charge in [-0.3, -0.25) is 19.0 Å². The fourth-order valence-corrected chi connectivity index (χ4v) is 5.90. The SMILES string of the molecule is CC(C)n1c(=O)c(C(=O)NC2CC3CCC(C2)N3C[C@H](O)CN(C)S(C)(=O)=O)cc2cccn21. The summed E-state index contributed by atoms with van der Waals surface area (Å²) in [6, 6.07) is 5.65. The van der Waals surface area contributed by atoms with Crippen LogP contribution in [0.1, 0.15) is 55.9 Å². The van der Waals surface area contributed by atoms with Gasteiger partial charge in [0.05, 0.1) is 17.9 Å². The number of aromatic nitrogens is 2. The van der Waals surface area contributed by atoms with Crippen LogP contribution >= 0.6 is 0 Å². The minimum atomic E-state index is -3.34. The van der Waals surface area contributed by atoms with Crippen molar-refractivity contribution < 1.29 is 18.3 Å². The van der Waals surface area contributed by atoms with Gasteiger partial charge in [0, 0.05) is 50.5 Å². The molecule has 34 heavy (non-hydrogen) atoms. The highest BCUT2D eigenvalue weighted by atomic mass is 32.2. The summed E-state index contributed by atoms with van der Waals surface area (Å²) in [6.07, 6.45) is 5.59. The molecule has 2 aromatic rings. The summed E-state index contributed by atoms with van der Waals surface area (Å²) in [6.45, 7) is 4.29. The number of rotatable bonds is 8. The van der Waals surface area contributed by atoms with Crippen molar-refractivity contribution in [3.05, 3.63) is 40.3 Å². The molecule has 2 bridgehead atoms. The number of carbonyl (C=O) groups is 1. The first-order valence-corrected chi connectivity index (χ1v) is 13.7. The first-order chi connectivity index (χ1) is 16.0. The molecule has 2 unspecified atom stereocenters. The summed E-state index contributed by atoms with van der Waals surface area (Å²) in [4.78, 5) is 28.5. The average Bonchev–Trinajstić information content (AvgIpc) is 3.27. The molecule has 2 aromatic heterocycles. The van der Waals surface area contributed by atoms with Crippen LogP contribution in [0.25, 0.3) is 5.52 Å². The van der Waals surface area contributed by atoms with Gasteiger partial charge in [0.15, 0.2) is 0 Å². The smallest absolute Gasteiger partial charge is 0.278 e. The van der Waals surface area contributed by atoms with E-state index in [1.54, 1.807) is 15.3 Å². The number of carbonyl (C=O) groups excluding carboxylic acids is 1. The number of fused-ring (bicyclic) bond motifs is 3. The largest absolute Gasteiger partial charge is 0.390 e. The van der Waals surface area contributed by atoms with E-state index in [0.717, 1.165) is 37.5 Å². The van der Waals surface area contributed by atoms with E-state index in [1.165, 1.54) is 11.4 Å². The van der Waals surface area contributed by atoms with Crippen molar-refractivity contribution >= 4 is 21.4 Å². The minimum Gasteiger partial charge on any atom is -0.390 e. The van der Waals surface area contributed by atoms with Gasteiger partial charge < -0.3 is 10.4 Å². The van der Waals surface area contributed by atoms with Crippen LogP contribution in [-0.4, -0.2) is 88.5 Å². The Kier molecular flexibility index (Phi) is 6.92. The van der Waals surface area contributed by atoms with Crippen LogP contribution in [0.15, 0.2) is 29.2 Å². The molecule has 2 aliphatic rings. The summed E-state index contributed by atoms with van der Waals surface area (Å²) in [7, 11) is -1.88. The Morgan fingerprint density at radius 1 is 1.26 bits per heavy atom. The highest BCUT2D eigenvalue weighted by Gasteiger charge is 2.42. The summed E-state index contributed by atoms with van der Waals surface area (Å²) in [5.74, 6) is -0.351. The number of amides is 1. The first kappa shape index (κ1) is 24.9. The lowest BCUT2D eigenvalue weighted by Crippen LogP contribution is -2.53. The van der Waals surface area contributed by atoms with Crippen LogP contribution < -0.4 is 10.9 Å². The molecule has 0 radical (unpaired) electrons. The van der Waals surface area contributed by atoms with Crippen LogP contribution in [0.5, 0.6) is 0 Å². The van der Waals surface area contributed by atoms with Gasteiger partial charge in [0.1, 0.15) is 5.56 Å². The molecular weight excluding hydrogens is 458 g/mol. The summed E-state index contributed by atoms with van der Waals surface area (Å²) in [5, 5.41) is 13.6. The van der Waals surface area contributed by atoms with Crippen molar-refractivity contribution in [3.63, 3.8) is 0 Å². The molecule has 188 valence electrons. The number of nitrogens with zero attached hydrogens (tertiary/aromatic N) is 4. The lowest BCUT2D eigenvalue weighted by molar-refractivity contribution is 0.0448. The highest BCUT2D eigenvalue weighted by Crippen LogP contribution is 2.36. The number of likely N-dealkylation sites (N-methyl/N-ethyl adjacent to an activating group) is 1. The lowest BCUT2D eigenvalue weighted by Gasteiger charge is -2.40. The number of aliphatic hydroxyl groups excluding tert-OH is 1. The van der Waals surface area contributed by atoms with Gasteiger partial charge in [-0.2, -0.15) is 0 Å². The standard InChI is InChI=1S/C23H35N5O5S/c1-15(2)28-23(31)21(12-19-6-5-9-27(19)28)22(30)24-16-10-17-7-8-18(11-16)26(17)14-20(29)13-25(3)34(4,32)33/h5-6,9,12,15-18,20,29H,7-8,10-11,13-14H2,1-4H3,(H,24,30)/t16?,17?,18?,20-/m1/s1. The number of piperidine rings is 1. The molecule has 0 aliphatic carbocycles. The monoisotopic (exact) mass is 493 g/mol. The predicted molar refractivity (Wildman–Crippen MR) is 130 cm³/mol. The van der Waals surface area contributed by atoms with Crippen molar-refractivity contribution in [3.8, 4) is 0 Å². The highest BCUT2D eigenvalue weighted by molar-refractivity contribution is 7.88. The third-order valence-electron chi connectivity index (χ3n) is 7.13. The molecule has 1 amide bonds. The lowest BCUT2D eigenvalue weighted by atomic mass is 9.96. The zero-order valence-corrected chi connectivity index (χ0v) is 21.0. The van der Waals surface area contributed by atoms with E-state index in [4.69, 9.17) is 0 Å². The van der Waals surface area contributed by atoms with Crippen LogP contribution in [0, 0.1) is 0 Å². The van der Waals surface area contributed by atoms with Crippen molar-refractivity contribution in [2.24, 2.45) is 0 Å². The Hall–Kier alpha value is -2.21. The van der Waals surface area contributed by atoms with E-state index in [-0.39, 0.29) is 47.7 Å². The zero-order valence-electron chi connectivity index (χ0n) is 20.2. The quantitative estimate of drug-likeness (QED) is 0.558. The Morgan fingerprint density at radius 3 is 2.50 bits per heavy atom. The molecular formula is C23H35N5O5S. The summed E-state index contributed by atoms with van der Waals surface area (Å²) >= 11 is 0. The van der Waals surface area contributed by atoms with Gasteiger partial charge in [-0.1, -0.05) is 0 Å². The van der Waals surface area contributed by atoms with Gasteiger partial charge >= 0.3 is 0 Å².